The van der Waals surface area contributed by atoms with Gasteiger partial charge in [0.2, 0.25) is 5.75 Å². The van der Waals surface area contributed by atoms with Gasteiger partial charge in [-0.2, -0.15) is 5.10 Å². The van der Waals surface area contributed by atoms with E-state index in [1.807, 2.05) is 0 Å². The average molecular weight is 343 g/mol. The molecule has 0 amide bonds. The minimum absolute atomic E-state index is 0.212. The Kier molecular flexibility index (Phi) is 3.97. The number of fused-ring (bicyclic) bond motifs is 1. The van der Waals surface area contributed by atoms with E-state index < -0.39 is 33.7 Å². The van der Waals surface area contributed by atoms with Crippen molar-refractivity contribution in [2.45, 2.75) is 0 Å². The number of aromatic nitrogens is 2. The predicted octanol–water partition coefficient (Wildman–Crippen LogP) is 2.20. The minimum Gasteiger partial charge on any atom is -0.414 e. The van der Waals surface area contributed by atoms with E-state index in [1.54, 1.807) is 12.1 Å². The van der Waals surface area contributed by atoms with Crippen molar-refractivity contribution in [1.29, 1.82) is 0 Å². The lowest BCUT2D eigenvalue weighted by Crippen LogP contribution is -2.24. The number of carbonyl (C=O) groups excluding carboxylic acids is 1. The second-order valence-corrected chi connectivity index (χ2v) is 5.08. The summed E-state index contributed by atoms with van der Waals surface area (Å²) >= 11 is 0. The number of halogens is 1. The summed E-state index contributed by atoms with van der Waals surface area (Å²) in [6.07, 6.45) is 0. The molecule has 0 N–H and O–H groups in total. The first-order valence-corrected chi connectivity index (χ1v) is 7.00. The molecule has 3 rings (SSSR count). The molecule has 126 valence electrons. The van der Waals surface area contributed by atoms with Crippen LogP contribution < -0.4 is 10.3 Å². The van der Waals surface area contributed by atoms with Crippen molar-refractivity contribution in [3.8, 4) is 5.75 Å². The fourth-order valence-electron chi connectivity index (χ4n) is 2.32. The highest BCUT2D eigenvalue weighted by Gasteiger charge is 2.23. The largest absolute Gasteiger partial charge is 0.414 e. The first-order valence-electron chi connectivity index (χ1n) is 7.00. The highest BCUT2D eigenvalue weighted by Crippen LogP contribution is 2.28. The first-order chi connectivity index (χ1) is 11.9. The zero-order valence-corrected chi connectivity index (χ0v) is 12.8. The lowest BCUT2D eigenvalue weighted by atomic mass is 10.1. The summed E-state index contributed by atoms with van der Waals surface area (Å²) in [5.74, 6) is -2.39. The Morgan fingerprint density at radius 2 is 1.92 bits per heavy atom. The van der Waals surface area contributed by atoms with E-state index in [9.17, 15) is 24.1 Å². The molecule has 0 aliphatic rings. The van der Waals surface area contributed by atoms with Crippen molar-refractivity contribution in [2.75, 3.05) is 0 Å². The van der Waals surface area contributed by atoms with Crippen LogP contribution in [0.3, 0.4) is 0 Å². The molecule has 9 heteroatoms. The number of esters is 1. The Labute approximate surface area is 139 Å². The smallest absolute Gasteiger partial charge is 0.365 e. The molecule has 0 bridgehead atoms. The van der Waals surface area contributed by atoms with Crippen molar-refractivity contribution < 1.29 is 18.8 Å². The quantitative estimate of drug-likeness (QED) is 0.312. The molecule has 1 heterocycles. The fraction of sp³-hybridized carbons (Fsp3) is 0.0625. The highest BCUT2D eigenvalue weighted by atomic mass is 19.1. The van der Waals surface area contributed by atoms with Crippen molar-refractivity contribution in [2.24, 2.45) is 7.05 Å². The molecule has 0 aliphatic heterocycles. The lowest BCUT2D eigenvalue weighted by Gasteiger charge is -2.08. The summed E-state index contributed by atoms with van der Waals surface area (Å²) in [4.78, 5) is 34.7. The van der Waals surface area contributed by atoms with Crippen LogP contribution in [-0.4, -0.2) is 20.7 Å². The van der Waals surface area contributed by atoms with Crippen LogP contribution in [0, 0.1) is 15.9 Å². The summed E-state index contributed by atoms with van der Waals surface area (Å²) in [6.45, 7) is 0. The fourth-order valence-corrected chi connectivity index (χ4v) is 2.32. The van der Waals surface area contributed by atoms with E-state index in [0.29, 0.717) is 0 Å². The third-order valence-electron chi connectivity index (χ3n) is 3.47. The molecule has 2 aromatic carbocycles. The molecule has 0 unspecified atom stereocenters. The summed E-state index contributed by atoms with van der Waals surface area (Å²) in [6, 6.07) is 8.75. The van der Waals surface area contributed by atoms with Crippen LogP contribution in [0.4, 0.5) is 10.1 Å². The average Bonchev–Trinajstić information content (AvgIpc) is 2.58. The molecule has 1 aromatic heterocycles. The topological polar surface area (TPSA) is 104 Å². The molecule has 0 radical (unpaired) electrons. The maximum absolute atomic E-state index is 13.4. The molecular weight excluding hydrogens is 333 g/mol. The van der Waals surface area contributed by atoms with Gasteiger partial charge >= 0.3 is 11.7 Å². The monoisotopic (exact) mass is 343 g/mol. The Hall–Kier alpha value is -3.62. The van der Waals surface area contributed by atoms with Gasteiger partial charge in [-0.3, -0.25) is 14.9 Å². The van der Waals surface area contributed by atoms with Gasteiger partial charge in [0.1, 0.15) is 5.82 Å². The van der Waals surface area contributed by atoms with Crippen LogP contribution in [0.15, 0.2) is 47.3 Å². The molecule has 0 saturated carbocycles. The first kappa shape index (κ1) is 16.2. The predicted molar refractivity (Wildman–Crippen MR) is 85.0 cm³/mol. The Morgan fingerprint density at radius 3 is 2.60 bits per heavy atom. The summed E-state index contributed by atoms with van der Waals surface area (Å²) in [7, 11) is 1.36. The Morgan fingerprint density at radius 1 is 1.24 bits per heavy atom. The van der Waals surface area contributed by atoms with Crippen LogP contribution in [-0.2, 0) is 7.05 Å². The SMILES string of the molecule is Cn1nc(C(=O)Oc2cc(F)ccc2[N+](=O)[O-])c2ccccc2c1=O. The Bertz CT molecular complexity index is 1080. The second kappa shape index (κ2) is 6.11. The van der Waals surface area contributed by atoms with E-state index in [0.717, 1.165) is 22.9 Å². The molecule has 0 atom stereocenters. The van der Waals surface area contributed by atoms with Gasteiger partial charge in [-0.15, -0.1) is 0 Å². The van der Waals surface area contributed by atoms with Crippen molar-refractivity contribution in [3.05, 3.63) is 74.4 Å². The summed E-state index contributed by atoms with van der Waals surface area (Å²) < 4.78 is 19.3. The maximum Gasteiger partial charge on any atom is 0.365 e. The standard InChI is InChI=1S/C16H10FN3O5/c1-19-15(21)11-5-3-2-4-10(11)14(18-19)16(22)25-13-8-9(17)6-7-12(13)20(23)24/h2-8H,1H3. The highest BCUT2D eigenvalue weighted by molar-refractivity contribution is 6.03. The number of nitro groups is 1. The normalized spacial score (nSPS) is 10.6. The Balaban J connectivity index is 2.11. The third-order valence-corrected chi connectivity index (χ3v) is 3.47. The molecule has 25 heavy (non-hydrogen) atoms. The van der Waals surface area contributed by atoms with Gasteiger partial charge < -0.3 is 4.74 Å². The van der Waals surface area contributed by atoms with Gasteiger partial charge in [-0.1, -0.05) is 18.2 Å². The molecule has 0 fully saturated rings. The van der Waals surface area contributed by atoms with Gasteiger partial charge in [0.25, 0.3) is 5.56 Å². The van der Waals surface area contributed by atoms with Crippen LogP contribution in [0.1, 0.15) is 10.5 Å². The molecule has 3 aromatic rings. The number of nitrogens with zero attached hydrogens (tertiary/aromatic N) is 3. The number of benzene rings is 2. The summed E-state index contributed by atoms with van der Waals surface area (Å²) in [5.41, 5.74) is -1.19. The van der Waals surface area contributed by atoms with Crippen LogP contribution >= 0.6 is 0 Å². The van der Waals surface area contributed by atoms with E-state index in [4.69, 9.17) is 4.74 Å². The van der Waals surface area contributed by atoms with E-state index >= 15 is 0 Å². The molecular formula is C16H10FN3O5. The molecule has 8 nitrogen and oxygen atoms in total. The number of nitro benzene ring substituents is 1. The second-order valence-electron chi connectivity index (χ2n) is 5.08. The zero-order valence-electron chi connectivity index (χ0n) is 12.8. The van der Waals surface area contributed by atoms with Gasteiger partial charge in [0.15, 0.2) is 5.69 Å². The maximum atomic E-state index is 13.4. The molecule has 0 spiro atoms. The van der Waals surface area contributed by atoms with E-state index in [-0.39, 0.29) is 16.5 Å². The third kappa shape index (κ3) is 2.94. The van der Waals surface area contributed by atoms with Gasteiger partial charge in [0, 0.05) is 24.6 Å². The number of rotatable bonds is 3. The number of hydrogen-bond acceptors (Lipinski definition) is 6. The van der Waals surface area contributed by atoms with Crippen LogP contribution in [0.5, 0.6) is 5.75 Å². The van der Waals surface area contributed by atoms with Gasteiger partial charge in [0.05, 0.1) is 10.3 Å². The van der Waals surface area contributed by atoms with Crippen molar-refractivity contribution in [3.63, 3.8) is 0 Å². The molecule has 0 saturated heterocycles. The van der Waals surface area contributed by atoms with Crippen molar-refractivity contribution >= 4 is 22.4 Å². The van der Waals surface area contributed by atoms with Crippen LogP contribution in [0.25, 0.3) is 10.8 Å². The number of ether oxygens (including phenoxy) is 1. The van der Waals surface area contributed by atoms with Gasteiger partial charge in [-0.25, -0.2) is 13.9 Å². The number of carbonyl (C=O) groups is 1. The van der Waals surface area contributed by atoms with E-state index in [1.165, 1.54) is 19.2 Å². The number of aryl methyl sites for hydroxylation is 1. The summed E-state index contributed by atoms with van der Waals surface area (Å²) in [5, 5.41) is 15.3. The van der Waals surface area contributed by atoms with Crippen molar-refractivity contribution in [1.82, 2.24) is 9.78 Å². The van der Waals surface area contributed by atoms with Gasteiger partial charge in [-0.05, 0) is 12.1 Å². The lowest BCUT2D eigenvalue weighted by molar-refractivity contribution is -0.385. The minimum atomic E-state index is -1.04. The number of hydrogen-bond donors (Lipinski definition) is 0. The molecule has 0 aliphatic carbocycles. The zero-order chi connectivity index (χ0) is 18.1. The van der Waals surface area contributed by atoms with Crippen LogP contribution in [0.2, 0.25) is 0 Å². The van der Waals surface area contributed by atoms with E-state index in [2.05, 4.69) is 5.10 Å².